The van der Waals surface area contributed by atoms with E-state index < -0.39 is 17.1 Å². The van der Waals surface area contributed by atoms with Gasteiger partial charge in [0.2, 0.25) is 0 Å². The van der Waals surface area contributed by atoms with Crippen molar-refractivity contribution in [3.05, 3.63) is 21.9 Å². The predicted octanol–water partition coefficient (Wildman–Crippen LogP) is 2.60. The number of hydrogen-bond donors (Lipinski definition) is 3. The molecule has 0 amide bonds. The Labute approximate surface area is 101 Å². The first-order valence-corrected chi connectivity index (χ1v) is 5.90. The highest BCUT2D eigenvalue weighted by Gasteiger charge is 2.36. The third kappa shape index (κ3) is 1.68. The van der Waals surface area contributed by atoms with Gasteiger partial charge in [-0.1, -0.05) is 0 Å². The lowest BCUT2D eigenvalue weighted by molar-refractivity contribution is 0.375. The van der Waals surface area contributed by atoms with Crippen LogP contribution >= 0.6 is 15.9 Å². The minimum atomic E-state index is -0.515. The molecule has 0 spiro atoms. The Kier molecular flexibility index (Phi) is 2.84. The first-order chi connectivity index (χ1) is 7.46. The first kappa shape index (κ1) is 11.7. The highest BCUT2D eigenvalue weighted by molar-refractivity contribution is 9.10. The van der Waals surface area contributed by atoms with E-state index >= 15 is 0 Å². The van der Waals surface area contributed by atoms with E-state index in [2.05, 4.69) is 21.2 Å². The fourth-order valence-corrected chi connectivity index (χ4v) is 3.04. The van der Waals surface area contributed by atoms with Crippen molar-refractivity contribution in [1.29, 1.82) is 0 Å². The summed E-state index contributed by atoms with van der Waals surface area (Å²) in [6, 6.07) is 0.945. The number of phenolic OH excluding ortho intramolecular Hbond substituents is 2. The molecule has 2 rings (SSSR count). The van der Waals surface area contributed by atoms with Gasteiger partial charge in [0.25, 0.3) is 0 Å². The maximum atomic E-state index is 13.8. The van der Waals surface area contributed by atoms with Crippen LogP contribution in [-0.4, -0.2) is 16.8 Å². The number of phenols is 2. The molecule has 88 valence electrons. The first-order valence-electron chi connectivity index (χ1n) is 5.11. The minimum Gasteiger partial charge on any atom is -0.504 e. The second-order valence-electron chi connectivity index (χ2n) is 4.28. The SMILES string of the molecule is CC1(c2c(F)cc(O)c(O)c2Br)CCCN1. The van der Waals surface area contributed by atoms with Crippen LogP contribution in [0.2, 0.25) is 0 Å². The number of benzene rings is 1. The molecule has 1 unspecified atom stereocenters. The smallest absolute Gasteiger partial charge is 0.172 e. The molecule has 0 radical (unpaired) electrons. The van der Waals surface area contributed by atoms with E-state index in [-0.39, 0.29) is 10.2 Å². The summed E-state index contributed by atoms with van der Waals surface area (Å²) >= 11 is 3.14. The second kappa shape index (κ2) is 3.89. The van der Waals surface area contributed by atoms with Gasteiger partial charge in [0.05, 0.1) is 4.47 Å². The van der Waals surface area contributed by atoms with Gasteiger partial charge in [-0.05, 0) is 42.2 Å². The van der Waals surface area contributed by atoms with Crippen LogP contribution in [0, 0.1) is 5.82 Å². The van der Waals surface area contributed by atoms with E-state index in [9.17, 15) is 14.6 Å². The highest BCUT2D eigenvalue weighted by Crippen LogP contribution is 2.44. The predicted molar refractivity (Wildman–Crippen MR) is 62.0 cm³/mol. The molecule has 1 aliphatic rings. The molecular formula is C11H13BrFNO2. The van der Waals surface area contributed by atoms with E-state index in [1.54, 1.807) is 0 Å². The Morgan fingerprint density at radius 2 is 2.19 bits per heavy atom. The summed E-state index contributed by atoms with van der Waals surface area (Å²) in [6.45, 7) is 2.71. The average Bonchev–Trinajstić information content (AvgIpc) is 2.62. The number of rotatable bonds is 1. The summed E-state index contributed by atoms with van der Waals surface area (Å²) in [6.07, 6.45) is 1.76. The quantitative estimate of drug-likeness (QED) is 0.697. The monoisotopic (exact) mass is 289 g/mol. The third-order valence-electron chi connectivity index (χ3n) is 3.09. The maximum Gasteiger partial charge on any atom is 0.172 e. The summed E-state index contributed by atoms with van der Waals surface area (Å²) in [5, 5.41) is 22.1. The van der Waals surface area contributed by atoms with Crippen molar-refractivity contribution in [2.24, 2.45) is 0 Å². The van der Waals surface area contributed by atoms with Gasteiger partial charge in [-0.2, -0.15) is 0 Å². The Morgan fingerprint density at radius 3 is 2.75 bits per heavy atom. The molecule has 0 bridgehead atoms. The topological polar surface area (TPSA) is 52.5 Å². The molecule has 0 saturated carbocycles. The number of nitrogens with one attached hydrogen (secondary N) is 1. The summed E-state index contributed by atoms with van der Waals surface area (Å²) in [5.74, 6) is -1.28. The standard InChI is InChI=1S/C11H13BrFNO2/c1-11(3-2-4-14-11)8-6(13)5-7(15)10(16)9(8)12/h5,14-16H,2-4H2,1H3. The maximum absolute atomic E-state index is 13.8. The fraction of sp³-hybridized carbons (Fsp3) is 0.455. The van der Waals surface area contributed by atoms with Crippen LogP contribution in [0.15, 0.2) is 10.5 Å². The molecule has 3 N–H and O–H groups in total. The van der Waals surface area contributed by atoms with Crippen molar-refractivity contribution in [2.75, 3.05) is 6.54 Å². The zero-order valence-electron chi connectivity index (χ0n) is 8.85. The Hall–Kier alpha value is -0.810. The molecule has 0 aliphatic carbocycles. The lowest BCUT2D eigenvalue weighted by Crippen LogP contribution is -2.34. The second-order valence-corrected chi connectivity index (χ2v) is 5.07. The summed E-state index contributed by atoms with van der Waals surface area (Å²) in [5.41, 5.74) is -0.117. The van der Waals surface area contributed by atoms with Crippen molar-refractivity contribution >= 4 is 15.9 Å². The summed E-state index contributed by atoms with van der Waals surface area (Å²) in [7, 11) is 0. The van der Waals surface area contributed by atoms with E-state index in [0.717, 1.165) is 25.5 Å². The lowest BCUT2D eigenvalue weighted by Gasteiger charge is -2.27. The molecule has 0 aromatic heterocycles. The Morgan fingerprint density at radius 1 is 1.50 bits per heavy atom. The van der Waals surface area contributed by atoms with Crippen LogP contribution in [-0.2, 0) is 5.54 Å². The van der Waals surface area contributed by atoms with Gasteiger partial charge in [-0.3, -0.25) is 0 Å². The molecule has 5 heteroatoms. The van der Waals surface area contributed by atoms with Gasteiger partial charge in [0.1, 0.15) is 5.82 Å². The van der Waals surface area contributed by atoms with Crippen molar-refractivity contribution in [3.63, 3.8) is 0 Å². The van der Waals surface area contributed by atoms with Gasteiger partial charge in [0, 0.05) is 17.2 Å². The van der Waals surface area contributed by atoms with Crippen molar-refractivity contribution in [2.45, 2.75) is 25.3 Å². The molecule has 1 heterocycles. The van der Waals surface area contributed by atoms with E-state index in [0.29, 0.717) is 5.56 Å². The number of hydrogen-bond acceptors (Lipinski definition) is 3. The highest BCUT2D eigenvalue weighted by atomic mass is 79.9. The Balaban J connectivity index is 2.60. The lowest BCUT2D eigenvalue weighted by atomic mass is 9.90. The van der Waals surface area contributed by atoms with Crippen LogP contribution in [0.3, 0.4) is 0 Å². The fourth-order valence-electron chi connectivity index (χ4n) is 2.21. The zero-order valence-corrected chi connectivity index (χ0v) is 10.4. The summed E-state index contributed by atoms with van der Waals surface area (Å²) in [4.78, 5) is 0. The van der Waals surface area contributed by atoms with Crippen LogP contribution in [0.4, 0.5) is 4.39 Å². The normalized spacial score (nSPS) is 24.9. The molecule has 1 saturated heterocycles. The summed E-state index contributed by atoms with van der Waals surface area (Å²) < 4.78 is 14.1. The zero-order chi connectivity index (χ0) is 11.9. The van der Waals surface area contributed by atoms with Crippen LogP contribution in [0.1, 0.15) is 25.3 Å². The largest absolute Gasteiger partial charge is 0.504 e. The minimum absolute atomic E-state index is 0.224. The third-order valence-corrected chi connectivity index (χ3v) is 3.86. The van der Waals surface area contributed by atoms with Crippen LogP contribution in [0.25, 0.3) is 0 Å². The number of aromatic hydroxyl groups is 2. The van der Waals surface area contributed by atoms with E-state index in [1.807, 2.05) is 6.92 Å². The van der Waals surface area contributed by atoms with Crippen LogP contribution in [0.5, 0.6) is 11.5 Å². The molecule has 1 atom stereocenters. The molecular weight excluding hydrogens is 277 g/mol. The molecule has 1 fully saturated rings. The van der Waals surface area contributed by atoms with Gasteiger partial charge in [0.15, 0.2) is 11.5 Å². The molecule has 1 aromatic carbocycles. The molecule has 3 nitrogen and oxygen atoms in total. The van der Waals surface area contributed by atoms with Crippen molar-refractivity contribution in [1.82, 2.24) is 5.32 Å². The average molecular weight is 290 g/mol. The molecule has 1 aromatic rings. The van der Waals surface area contributed by atoms with Crippen LogP contribution < -0.4 is 5.32 Å². The van der Waals surface area contributed by atoms with E-state index in [1.165, 1.54) is 0 Å². The van der Waals surface area contributed by atoms with Gasteiger partial charge in [-0.15, -0.1) is 0 Å². The number of halogens is 2. The Bertz CT molecular complexity index is 430. The van der Waals surface area contributed by atoms with Gasteiger partial charge >= 0.3 is 0 Å². The van der Waals surface area contributed by atoms with Crippen molar-refractivity contribution in [3.8, 4) is 11.5 Å². The van der Waals surface area contributed by atoms with Crippen molar-refractivity contribution < 1.29 is 14.6 Å². The van der Waals surface area contributed by atoms with E-state index in [4.69, 9.17) is 0 Å². The van der Waals surface area contributed by atoms with Gasteiger partial charge in [-0.25, -0.2) is 4.39 Å². The molecule has 16 heavy (non-hydrogen) atoms. The van der Waals surface area contributed by atoms with Gasteiger partial charge < -0.3 is 15.5 Å². The molecule has 1 aliphatic heterocycles.